The van der Waals surface area contributed by atoms with E-state index in [1.54, 1.807) is 43.3 Å². The first-order valence-electron chi connectivity index (χ1n) is 11.7. The van der Waals surface area contributed by atoms with Crippen molar-refractivity contribution in [1.29, 1.82) is 0 Å². The lowest BCUT2D eigenvalue weighted by molar-refractivity contribution is -0.140. The number of halogens is 2. The van der Waals surface area contributed by atoms with Crippen molar-refractivity contribution in [3.05, 3.63) is 94.8 Å². The second-order valence-electron chi connectivity index (χ2n) is 8.49. The molecule has 0 heterocycles. The van der Waals surface area contributed by atoms with Crippen LogP contribution in [0.2, 0.25) is 5.02 Å². The molecular formula is C27H29ClFN3O4S. The molecule has 0 aliphatic rings. The van der Waals surface area contributed by atoms with Crippen LogP contribution in [0.5, 0.6) is 0 Å². The number of aryl methyl sites for hydroxylation is 1. The molecule has 1 N–H and O–H groups in total. The summed E-state index contributed by atoms with van der Waals surface area (Å²) < 4.78 is 42.0. The molecule has 0 unspecified atom stereocenters. The van der Waals surface area contributed by atoms with E-state index in [1.807, 2.05) is 6.92 Å². The maximum atomic E-state index is 13.8. The second kappa shape index (κ2) is 12.2. The van der Waals surface area contributed by atoms with Crippen LogP contribution in [0.3, 0.4) is 0 Å². The van der Waals surface area contributed by atoms with Gasteiger partial charge in [-0.25, -0.2) is 12.8 Å². The van der Waals surface area contributed by atoms with Crippen LogP contribution in [0.1, 0.15) is 24.5 Å². The zero-order chi connectivity index (χ0) is 27.2. The first-order chi connectivity index (χ1) is 17.6. The van der Waals surface area contributed by atoms with Gasteiger partial charge in [0.05, 0.1) is 10.6 Å². The minimum absolute atomic E-state index is 0.0159. The maximum Gasteiger partial charge on any atom is 0.264 e. The van der Waals surface area contributed by atoms with Gasteiger partial charge in [-0.15, -0.1) is 0 Å². The summed E-state index contributed by atoms with van der Waals surface area (Å²) >= 11 is 5.99. The Hall–Kier alpha value is -3.43. The molecule has 0 bridgehead atoms. The Kier molecular flexibility index (Phi) is 9.29. The van der Waals surface area contributed by atoms with Crippen LogP contribution < -0.4 is 9.62 Å². The third-order valence-electron chi connectivity index (χ3n) is 5.90. The molecule has 3 rings (SSSR count). The Morgan fingerprint density at radius 2 is 1.57 bits per heavy atom. The van der Waals surface area contributed by atoms with Gasteiger partial charge < -0.3 is 10.2 Å². The fraction of sp³-hybridized carbons (Fsp3) is 0.259. The summed E-state index contributed by atoms with van der Waals surface area (Å²) in [6.07, 6.45) is 0.306. The number of nitrogens with zero attached hydrogens (tertiary/aromatic N) is 2. The number of rotatable bonds is 10. The molecule has 196 valence electrons. The van der Waals surface area contributed by atoms with Gasteiger partial charge in [0.2, 0.25) is 11.8 Å². The van der Waals surface area contributed by atoms with Crippen molar-refractivity contribution in [3.63, 3.8) is 0 Å². The smallest absolute Gasteiger partial charge is 0.264 e. The van der Waals surface area contributed by atoms with E-state index in [2.05, 4.69) is 5.32 Å². The molecular weight excluding hydrogens is 517 g/mol. The van der Waals surface area contributed by atoms with Crippen molar-refractivity contribution in [1.82, 2.24) is 10.2 Å². The van der Waals surface area contributed by atoms with E-state index in [0.717, 1.165) is 27.6 Å². The number of carbonyl (C=O) groups is 2. The lowest BCUT2D eigenvalue weighted by atomic mass is 10.1. The van der Waals surface area contributed by atoms with Gasteiger partial charge in [-0.2, -0.15) is 0 Å². The van der Waals surface area contributed by atoms with Crippen LogP contribution in [0, 0.1) is 12.7 Å². The summed E-state index contributed by atoms with van der Waals surface area (Å²) in [6.45, 7) is 3.06. The third-order valence-corrected chi connectivity index (χ3v) is 7.94. The van der Waals surface area contributed by atoms with Gasteiger partial charge in [-0.3, -0.25) is 13.9 Å². The number of hydrogen-bond donors (Lipinski definition) is 1. The molecule has 2 amide bonds. The number of nitrogens with one attached hydrogen (secondary N) is 1. The van der Waals surface area contributed by atoms with Gasteiger partial charge in [0.15, 0.2) is 0 Å². The Labute approximate surface area is 221 Å². The summed E-state index contributed by atoms with van der Waals surface area (Å²) in [5.41, 5.74) is 1.71. The van der Waals surface area contributed by atoms with E-state index in [9.17, 15) is 22.4 Å². The van der Waals surface area contributed by atoms with Crippen LogP contribution in [-0.2, 0) is 26.2 Å². The van der Waals surface area contributed by atoms with E-state index >= 15 is 0 Å². The van der Waals surface area contributed by atoms with Gasteiger partial charge in [-0.1, -0.05) is 48.4 Å². The Morgan fingerprint density at radius 3 is 2.11 bits per heavy atom. The van der Waals surface area contributed by atoms with Crippen molar-refractivity contribution in [2.24, 2.45) is 0 Å². The van der Waals surface area contributed by atoms with Crippen molar-refractivity contribution >= 4 is 39.1 Å². The number of anilines is 1. The number of sulfonamides is 1. The zero-order valence-corrected chi connectivity index (χ0v) is 22.4. The SMILES string of the molecule is CC[C@H](C(=O)NC)N(Cc1ccc(Cl)cc1)C(=O)CN(c1ccc(F)cc1)S(=O)(=O)c1ccc(C)cc1. The molecule has 3 aromatic rings. The fourth-order valence-corrected chi connectivity index (χ4v) is 5.39. The average Bonchev–Trinajstić information content (AvgIpc) is 2.88. The quantitative estimate of drug-likeness (QED) is 0.405. The first kappa shape index (κ1) is 28.1. The standard InChI is InChI=1S/C27H29ClFN3O4S/c1-4-25(27(34)30-3)31(17-20-7-9-21(28)10-8-20)26(33)18-32(23-13-11-22(29)12-14-23)37(35,36)24-15-5-19(2)6-16-24/h5-16,25H,4,17-18H2,1-3H3,(H,30,34)/t25-/m1/s1. The maximum absolute atomic E-state index is 13.8. The molecule has 10 heteroatoms. The van der Waals surface area contributed by atoms with Crippen molar-refractivity contribution in [3.8, 4) is 0 Å². The molecule has 37 heavy (non-hydrogen) atoms. The van der Waals surface area contributed by atoms with E-state index in [-0.39, 0.29) is 23.0 Å². The highest BCUT2D eigenvalue weighted by atomic mass is 35.5. The van der Waals surface area contributed by atoms with Crippen molar-refractivity contribution in [2.45, 2.75) is 37.8 Å². The molecule has 7 nitrogen and oxygen atoms in total. The molecule has 0 saturated heterocycles. The number of hydrogen-bond acceptors (Lipinski definition) is 4. The molecule has 0 saturated carbocycles. The molecule has 0 radical (unpaired) electrons. The predicted octanol–water partition coefficient (Wildman–Crippen LogP) is 4.54. The van der Waals surface area contributed by atoms with Crippen LogP contribution >= 0.6 is 11.6 Å². The highest BCUT2D eigenvalue weighted by molar-refractivity contribution is 7.92. The summed E-state index contributed by atoms with van der Waals surface area (Å²) in [7, 11) is -2.73. The van der Waals surface area contributed by atoms with E-state index in [0.29, 0.717) is 11.4 Å². The lowest BCUT2D eigenvalue weighted by Crippen LogP contribution is -2.51. The molecule has 0 aromatic heterocycles. The molecule has 3 aromatic carbocycles. The van der Waals surface area contributed by atoms with E-state index in [4.69, 9.17) is 11.6 Å². The first-order valence-corrected chi connectivity index (χ1v) is 13.5. The van der Waals surface area contributed by atoms with Gasteiger partial charge in [0, 0.05) is 18.6 Å². The zero-order valence-electron chi connectivity index (χ0n) is 20.8. The van der Waals surface area contributed by atoms with Crippen LogP contribution in [0.25, 0.3) is 0 Å². The number of carbonyl (C=O) groups excluding carboxylic acids is 2. The predicted molar refractivity (Wildman–Crippen MR) is 142 cm³/mol. The van der Waals surface area contributed by atoms with Gasteiger partial charge >= 0.3 is 0 Å². The minimum Gasteiger partial charge on any atom is -0.357 e. The van der Waals surface area contributed by atoms with Crippen molar-refractivity contribution in [2.75, 3.05) is 17.9 Å². The van der Waals surface area contributed by atoms with E-state index in [1.165, 1.54) is 36.2 Å². The monoisotopic (exact) mass is 545 g/mol. The Morgan fingerprint density at radius 1 is 0.973 bits per heavy atom. The molecule has 0 aliphatic heterocycles. The van der Waals surface area contributed by atoms with Crippen LogP contribution in [0.15, 0.2) is 77.7 Å². The van der Waals surface area contributed by atoms with Crippen LogP contribution in [0.4, 0.5) is 10.1 Å². The fourth-order valence-electron chi connectivity index (χ4n) is 3.85. The highest BCUT2D eigenvalue weighted by Crippen LogP contribution is 2.25. The van der Waals surface area contributed by atoms with Gasteiger partial charge in [0.1, 0.15) is 18.4 Å². The largest absolute Gasteiger partial charge is 0.357 e. The average molecular weight is 546 g/mol. The molecule has 1 atom stereocenters. The normalized spacial score (nSPS) is 12.0. The van der Waals surface area contributed by atoms with Crippen molar-refractivity contribution < 1.29 is 22.4 Å². The number of benzene rings is 3. The summed E-state index contributed by atoms with van der Waals surface area (Å²) in [5.74, 6) is -1.51. The highest BCUT2D eigenvalue weighted by Gasteiger charge is 2.33. The topological polar surface area (TPSA) is 86.8 Å². The number of amides is 2. The minimum atomic E-state index is -4.20. The Balaban J connectivity index is 2.04. The van der Waals surface area contributed by atoms with Gasteiger partial charge in [0.25, 0.3) is 10.0 Å². The Bertz CT molecular complexity index is 1330. The summed E-state index contributed by atoms with van der Waals surface area (Å²) in [5, 5.41) is 3.09. The van der Waals surface area contributed by atoms with Crippen LogP contribution in [-0.4, -0.2) is 44.8 Å². The molecule has 0 spiro atoms. The summed E-state index contributed by atoms with van der Waals surface area (Å²) in [4.78, 5) is 27.8. The number of likely N-dealkylation sites (N-methyl/N-ethyl adjacent to an activating group) is 1. The lowest BCUT2D eigenvalue weighted by Gasteiger charge is -2.33. The molecule has 0 fully saturated rings. The third kappa shape index (κ3) is 6.87. The second-order valence-corrected chi connectivity index (χ2v) is 10.8. The van der Waals surface area contributed by atoms with E-state index < -0.39 is 34.3 Å². The molecule has 0 aliphatic carbocycles. The summed E-state index contributed by atoms with van der Waals surface area (Å²) in [6, 6.07) is 17.1. The van der Waals surface area contributed by atoms with Gasteiger partial charge in [-0.05, 0) is 67.4 Å².